The van der Waals surface area contributed by atoms with Crippen molar-refractivity contribution in [3.63, 3.8) is 0 Å². The molecular weight excluding hydrogens is 349 g/mol. The molecule has 132 valence electrons. The first kappa shape index (κ1) is 20.5. The van der Waals surface area contributed by atoms with Crippen LogP contribution in [0, 0.1) is 6.92 Å². The summed E-state index contributed by atoms with van der Waals surface area (Å²) in [6.07, 6.45) is 3.20. The van der Waals surface area contributed by atoms with Crippen LogP contribution in [0.15, 0.2) is 35.1 Å². The van der Waals surface area contributed by atoms with Crippen LogP contribution in [0.1, 0.15) is 35.8 Å². The van der Waals surface area contributed by atoms with E-state index >= 15 is 0 Å². The first-order chi connectivity index (χ1) is 10.6. The number of carbonyl (C=O) groups is 1. The van der Waals surface area contributed by atoms with Gasteiger partial charge < -0.3 is 15.1 Å². The molecule has 1 fully saturated rings. The SMILES string of the molecule is Cc1ccc(-c2ocnc2C(=O)NC2CCNC(C)C2)cc1.Cl.Cl. The highest BCUT2D eigenvalue weighted by atomic mass is 35.5. The molecule has 2 N–H and O–H groups in total. The number of nitrogens with zero attached hydrogens (tertiary/aromatic N) is 1. The number of rotatable bonds is 3. The second-order valence-electron chi connectivity index (χ2n) is 5.95. The minimum Gasteiger partial charge on any atom is -0.443 e. The summed E-state index contributed by atoms with van der Waals surface area (Å²) in [6, 6.07) is 8.49. The maximum absolute atomic E-state index is 12.5. The highest BCUT2D eigenvalue weighted by Gasteiger charge is 2.24. The second kappa shape index (κ2) is 9.06. The Labute approximate surface area is 154 Å². The zero-order valence-corrected chi connectivity index (χ0v) is 15.4. The Morgan fingerprint density at radius 3 is 2.67 bits per heavy atom. The van der Waals surface area contributed by atoms with Crippen LogP contribution in [-0.2, 0) is 0 Å². The van der Waals surface area contributed by atoms with Crippen LogP contribution >= 0.6 is 24.8 Å². The van der Waals surface area contributed by atoms with Crippen LogP contribution in [0.4, 0.5) is 0 Å². The lowest BCUT2D eigenvalue weighted by atomic mass is 10.0. The molecule has 0 bridgehead atoms. The molecule has 2 atom stereocenters. The molecule has 5 nitrogen and oxygen atoms in total. The van der Waals surface area contributed by atoms with Crippen molar-refractivity contribution in [1.82, 2.24) is 15.6 Å². The Kier molecular flexibility index (Phi) is 7.73. The van der Waals surface area contributed by atoms with E-state index in [1.54, 1.807) is 0 Å². The van der Waals surface area contributed by atoms with Crippen LogP contribution in [-0.4, -0.2) is 29.5 Å². The number of piperidine rings is 1. The molecule has 2 unspecified atom stereocenters. The van der Waals surface area contributed by atoms with E-state index in [-0.39, 0.29) is 36.8 Å². The monoisotopic (exact) mass is 371 g/mol. The highest BCUT2D eigenvalue weighted by molar-refractivity contribution is 5.97. The van der Waals surface area contributed by atoms with Gasteiger partial charge in [0.2, 0.25) is 0 Å². The van der Waals surface area contributed by atoms with Gasteiger partial charge in [0.05, 0.1) is 0 Å². The predicted molar refractivity (Wildman–Crippen MR) is 99.1 cm³/mol. The number of halogens is 2. The number of benzene rings is 1. The lowest BCUT2D eigenvalue weighted by Gasteiger charge is -2.28. The van der Waals surface area contributed by atoms with Gasteiger partial charge in [0.1, 0.15) is 0 Å². The number of hydrogen-bond donors (Lipinski definition) is 2. The molecule has 0 spiro atoms. The number of aromatic nitrogens is 1. The van der Waals surface area contributed by atoms with E-state index in [2.05, 4.69) is 22.5 Å². The largest absolute Gasteiger partial charge is 0.443 e. The third-order valence-corrected chi connectivity index (χ3v) is 4.06. The van der Waals surface area contributed by atoms with Crippen molar-refractivity contribution in [2.24, 2.45) is 0 Å². The lowest BCUT2D eigenvalue weighted by molar-refractivity contribution is 0.0921. The Bertz CT molecular complexity index is 658. The van der Waals surface area contributed by atoms with Gasteiger partial charge in [-0.25, -0.2) is 4.98 Å². The third kappa shape index (κ3) is 4.72. The number of carbonyl (C=O) groups excluding carboxylic acids is 1. The number of oxazole rings is 1. The van der Waals surface area contributed by atoms with Gasteiger partial charge >= 0.3 is 0 Å². The van der Waals surface area contributed by atoms with Crippen LogP contribution < -0.4 is 10.6 Å². The van der Waals surface area contributed by atoms with Gasteiger partial charge in [-0.05, 0) is 33.2 Å². The molecular formula is C17H23Cl2N3O2. The molecule has 1 saturated heterocycles. The van der Waals surface area contributed by atoms with E-state index in [0.29, 0.717) is 17.5 Å². The van der Waals surface area contributed by atoms with Crippen LogP contribution in [0.5, 0.6) is 0 Å². The average molecular weight is 372 g/mol. The molecule has 1 aliphatic heterocycles. The molecule has 2 heterocycles. The van der Waals surface area contributed by atoms with E-state index in [1.165, 1.54) is 6.39 Å². The number of hydrogen-bond acceptors (Lipinski definition) is 4. The lowest BCUT2D eigenvalue weighted by Crippen LogP contribution is -2.46. The van der Waals surface area contributed by atoms with Crippen molar-refractivity contribution in [2.45, 2.75) is 38.8 Å². The van der Waals surface area contributed by atoms with E-state index in [1.807, 2.05) is 31.2 Å². The summed E-state index contributed by atoms with van der Waals surface area (Å²) in [5.74, 6) is 0.364. The van der Waals surface area contributed by atoms with E-state index < -0.39 is 0 Å². The van der Waals surface area contributed by atoms with E-state index in [9.17, 15) is 4.79 Å². The normalized spacial score (nSPS) is 19.8. The summed E-state index contributed by atoms with van der Waals surface area (Å²) >= 11 is 0. The van der Waals surface area contributed by atoms with Crippen molar-refractivity contribution in [2.75, 3.05) is 6.54 Å². The molecule has 1 aromatic heterocycles. The average Bonchev–Trinajstić information content (AvgIpc) is 2.97. The van der Waals surface area contributed by atoms with Crippen molar-refractivity contribution in [3.05, 3.63) is 41.9 Å². The zero-order chi connectivity index (χ0) is 15.5. The minimum atomic E-state index is -0.163. The first-order valence-electron chi connectivity index (χ1n) is 7.68. The first-order valence-corrected chi connectivity index (χ1v) is 7.68. The number of aryl methyl sites for hydroxylation is 1. The molecule has 7 heteroatoms. The topological polar surface area (TPSA) is 67.2 Å². The van der Waals surface area contributed by atoms with E-state index in [4.69, 9.17) is 4.42 Å². The van der Waals surface area contributed by atoms with Crippen LogP contribution in [0.3, 0.4) is 0 Å². The molecule has 1 aromatic carbocycles. The molecule has 1 aliphatic rings. The van der Waals surface area contributed by atoms with Crippen molar-refractivity contribution in [3.8, 4) is 11.3 Å². The fourth-order valence-corrected chi connectivity index (χ4v) is 2.83. The van der Waals surface area contributed by atoms with E-state index in [0.717, 1.165) is 30.5 Å². The summed E-state index contributed by atoms with van der Waals surface area (Å²) < 4.78 is 5.44. The summed E-state index contributed by atoms with van der Waals surface area (Å²) in [5.41, 5.74) is 2.39. The quantitative estimate of drug-likeness (QED) is 0.867. The van der Waals surface area contributed by atoms with Crippen molar-refractivity contribution in [1.29, 1.82) is 0 Å². The van der Waals surface area contributed by atoms with Crippen molar-refractivity contribution >= 4 is 30.7 Å². The molecule has 2 aromatic rings. The third-order valence-electron chi connectivity index (χ3n) is 4.06. The molecule has 3 rings (SSSR count). The van der Waals surface area contributed by atoms with Gasteiger partial charge in [-0.2, -0.15) is 0 Å². The van der Waals surface area contributed by atoms with Crippen LogP contribution in [0.2, 0.25) is 0 Å². The summed E-state index contributed by atoms with van der Waals surface area (Å²) in [6.45, 7) is 5.08. The second-order valence-corrected chi connectivity index (χ2v) is 5.95. The predicted octanol–water partition coefficient (Wildman–Crippen LogP) is 3.36. The smallest absolute Gasteiger partial charge is 0.274 e. The van der Waals surface area contributed by atoms with Crippen LogP contribution in [0.25, 0.3) is 11.3 Å². The van der Waals surface area contributed by atoms with Gasteiger partial charge in [-0.3, -0.25) is 4.79 Å². The molecule has 0 saturated carbocycles. The Balaban J connectivity index is 0.00000144. The van der Waals surface area contributed by atoms with Gasteiger partial charge in [0, 0.05) is 17.6 Å². The molecule has 0 radical (unpaired) electrons. The maximum Gasteiger partial charge on any atom is 0.274 e. The Morgan fingerprint density at radius 1 is 1.29 bits per heavy atom. The summed E-state index contributed by atoms with van der Waals surface area (Å²) in [7, 11) is 0. The van der Waals surface area contributed by atoms with Gasteiger partial charge in [-0.15, -0.1) is 24.8 Å². The number of nitrogens with one attached hydrogen (secondary N) is 2. The Hall–Kier alpha value is -1.56. The fourth-order valence-electron chi connectivity index (χ4n) is 2.83. The Morgan fingerprint density at radius 2 is 2.00 bits per heavy atom. The van der Waals surface area contributed by atoms with Gasteiger partial charge in [0.15, 0.2) is 17.8 Å². The molecule has 0 aliphatic carbocycles. The number of amides is 1. The maximum atomic E-state index is 12.5. The summed E-state index contributed by atoms with van der Waals surface area (Å²) in [4.78, 5) is 16.6. The van der Waals surface area contributed by atoms with Crippen molar-refractivity contribution < 1.29 is 9.21 Å². The minimum absolute atomic E-state index is 0. The van der Waals surface area contributed by atoms with Gasteiger partial charge in [-0.1, -0.05) is 29.8 Å². The standard InChI is InChI=1S/C17H21N3O2.2ClH/c1-11-3-5-13(6-4-11)16-15(19-10-22-16)17(21)20-14-7-8-18-12(2)9-14;;/h3-6,10,12,14,18H,7-9H2,1-2H3,(H,20,21);2*1H. The fraction of sp³-hybridized carbons (Fsp3) is 0.412. The summed E-state index contributed by atoms with van der Waals surface area (Å²) in [5, 5.41) is 6.45. The highest BCUT2D eigenvalue weighted by Crippen LogP contribution is 2.23. The molecule has 1 amide bonds. The van der Waals surface area contributed by atoms with Gasteiger partial charge in [0.25, 0.3) is 5.91 Å². The molecule has 24 heavy (non-hydrogen) atoms. The zero-order valence-electron chi connectivity index (χ0n) is 13.7.